The Bertz CT molecular complexity index is 1330. The van der Waals surface area contributed by atoms with Gasteiger partial charge in [0.1, 0.15) is 11.3 Å². The maximum Gasteiger partial charge on any atom is 0.289 e. The van der Waals surface area contributed by atoms with E-state index in [9.17, 15) is 10.2 Å². The molecule has 5 aromatic rings. The number of phenolic OH excluding ortho intramolecular Hbond substituents is 1. The maximum atomic E-state index is 12.2. The van der Waals surface area contributed by atoms with E-state index in [0.29, 0.717) is 34.1 Å². The van der Waals surface area contributed by atoms with Crippen molar-refractivity contribution in [3.05, 3.63) is 71.7 Å². The highest BCUT2D eigenvalue weighted by Gasteiger charge is 2.24. The molecule has 0 aliphatic rings. The number of aromatic nitrogens is 4. The van der Waals surface area contributed by atoms with E-state index in [-0.39, 0.29) is 11.4 Å². The van der Waals surface area contributed by atoms with E-state index >= 15 is 0 Å². The quantitative estimate of drug-likeness (QED) is 0.423. The molecule has 5 rings (SSSR count). The highest BCUT2D eigenvalue weighted by Crippen LogP contribution is 2.30. The summed E-state index contributed by atoms with van der Waals surface area (Å²) in [6.45, 7) is 0.359. The lowest BCUT2D eigenvalue weighted by Crippen LogP contribution is -2.34. The van der Waals surface area contributed by atoms with Gasteiger partial charge in [0.25, 0.3) is 5.69 Å². The minimum atomic E-state index is -0.561. The van der Waals surface area contributed by atoms with Crippen LogP contribution in [0.1, 0.15) is 5.56 Å². The third-order valence-electron chi connectivity index (χ3n) is 4.62. The lowest BCUT2D eigenvalue weighted by atomic mass is 10.1. The molecule has 30 heavy (non-hydrogen) atoms. The molecule has 0 spiro atoms. The fourth-order valence-corrected chi connectivity index (χ4v) is 3.85. The number of phenols is 1. The number of fused-ring (bicyclic) bond motifs is 1. The molecule has 0 saturated heterocycles. The molecule has 3 heterocycles. The van der Waals surface area contributed by atoms with Crippen molar-refractivity contribution in [1.82, 2.24) is 15.2 Å². The second kappa shape index (κ2) is 7.45. The number of aromatic hydroxyl groups is 1. The predicted octanol–water partition coefficient (Wildman–Crippen LogP) is 3.01. The Kier molecular flexibility index (Phi) is 4.49. The number of pyridine rings is 1. The summed E-state index contributed by atoms with van der Waals surface area (Å²) >= 11 is 1.35. The molecule has 0 atom stereocenters. The second-order valence-electron chi connectivity index (χ2n) is 6.50. The number of nitrogens with zero attached hydrogens (tertiary/aromatic N) is 4. The van der Waals surface area contributed by atoms with Gasteiger partial charge >= 0.3 is 0 Å². The lowest BCUT2D eigenvalue weighted by Gasteiger charge is -2.07. The van der Waals surface area contributed by atoms with Crippen LogP contribution < -0.4 is 15.1 Å². The molecule has 3 aromatic heterocycles. The molecule has 148 valence electrons. The first kappa shape index (κ1) is 18.1. The Hall–Kier alpha value is -3.98. The summed E-state index contributed by atoms with van der Waals surface area (Å²) < 4.78 is 6.29. The molecule has 0 radical (unpaired) electrons. The van der Waals surface area contributed by atoms with Gasteiger partial charge in [0.15, 0.2) is 16.8 Å². The van der Waals surface area contributed by atoms with E-state index < -0.39 is 5.95 Å². The molecule has 2 aromatic carbocycles. The Morgan fingerprint density at radius 2 is 1.97 bits per heavy atom. The molecule has 0 saturated carbocycles. The summed E-state index contributed by atoms with van der Waals surface area (Å²) in [5.74, 6) is -0.422. The van der Waals surface area contributed by atoms with E-state index in [1.165, 1.54) is 16.0 Å². The summed E-state index contributed by atoms with van der Waals surface area (Å²) in [4.78, 5) is 8.73. The van der Waals surface area contributed by atoms with Gasteiger partial charge in [-0.1, -0.05) is 36.4 Å². The lowest BCUT2D eigenvalue weighted by molar-refractivity contribution is -0.660. The minimum Gasteiger partial charge on any atom is -0.539 e. The number of hydrogen-bond acceptors (Lipinski definition) is 8. The highest BCUT2D eigenvalue weighted by molar-refractivity contribution is 7.14. The predicted molar refractivity (Wildman–Crippen MR) is 109 cm³/mol. The van der Waals surface area contributed by atoms with Crippen molar-refractivity contribution in [1.29, 1.82) is 0 Å². The molecule has 0 amide bonds. The first-order chi connectivity index (χ1) is 14.7. The van der Waals surface area contributed by atoms with Crippen molar-refractivity contribution in [2.24, 2.45) is 0 Å². The van der Waals surface area contributed by atoms with Gasteiger partial charge in [0.2, 0.25) is 5.69 Å². The number of rotatable bonds is 5. The average Bonchev–Trinajstić information content (AvgIpc) is 3.40. The van der Waals surface area contributed by atoms with Gasteiger partial charge in [0, 0.05) is 41.2 Å². The zero-order valence-electron chi connectivity index (χ0n) is 15.5. The summed E-state index contributed by atoms with van der Waals surface area (Å²) in [6.07, 6.45) is 1.65. The average molecular weight is 417 g/mol. The molecular weight excluding hydrogens is 402 g/mol. The van der Waals surface area contributed by atoms with E-state index in [1.807, 2.05) is 54.6 Å². The smallest absolute Gasteiger partial charge is 0.289 e. The van der Waals surface area contributed by atoms with Crippen LogP contribution in [0.5, 0.6) is 11.7 Å². The van der Waals surface area contributed by atoms with Gasteiger partial charge in [-0.05, 0) is 10.7 Å². The molecule has 0 unspecified atom stereocenters. The van der Waals surface area contributed by atoms with Gasteiger partial charge in [-0.2, -0.15) is 0 Å². The molecule has 0 bridgehead atoms. The zero-order chi connectivity index (χ0) is 20.5. The standard InChI is InChI=1S/C21H15N5O3S/c27-19-14(9-8-13-5-4-10-22-17(13)19)11-23-21-24-16(12-30-21)18-20(28)29-25-26(18)15-6-2-1-3-7-15/h1-10,12H,11H2,(H2-,23,24,25,27,28). The van der Waals surface area contributed by atoms with E-state index in [1.54, 1.807) is 11.6 Å². The Labute approximate surface area is 174 Å². The summed E-state index contributed by atoms with van der Waals surface area (Å²) in [5, 5.41) is 33.0. The molecule has 2 N–H and O–H groups in total. The van der Waals surface area contributed by atoms with Gasteiger partial charge in [-0.25, -0.2) is 4.98 Å². The third kappa shape index (κ3) is 3.20. The van der Waals surface area contributed by atoms with E-state index in [0.717, 1.165) is 5.39 Å². The first-order valence-corrected chi connectivity index (χ1v) is 9.98. The Morgan fingerprint density at radius 3 is 2.83 bits per heavy atom. The Morgan fingerprint density at radius 1 is 1.10 bits per heavy atom. The van der Waals surface area contributed by atoms with Crippen molar-refractivity contribution < 1.29 is 19.4 Å². The number of benzene rings is 2. The van der Waals surface area contributed by atoms with Crippen LogP contribution in [-0.2, 0) is 6.54 Å². The molecule has 0 aliphatic heterocycles. The second-order valence-corrected chi connectivity index (χ2v) is 7.35. The normalized spacial score (nSPS) is 11.1. The SMILES string of the molecule is [O-]c1on[n+](-c2ccccc2)c1-c1csc(NCc2ccc3cccnc3c2O)n1. The number of anilines is 1. The van der Waals surface area contributed by atoms with Crippen molar-refractivity contribution in [2.75, 3.05) is 5.32 Å². The summed E-state index contributed by atoms with van der Waals surface area (Å²) in [5.41, 5.74) is 2.67. The minimum absolute atomic E-state index is 0.139. The largest absolute Gasteiger partial charge is 0.539 e. The van der Waals surface area contributed by atoms with E-state index in [4.69, 9.17) is 4.52 Å². The van der Waals surface area contributed by atoms with Crippen LogP contribution in [0.2, 0.25) is 0 Å². The van der Waals surface area contributed by atoms with E-state index in [2.05, 4.69) is 20.6 Å². The zero-order valence-corrected chi connectivity index (χ0v) is 16.3. The van der Waals surface area contributed by atoms with Gasteiger partial charge < -0.3 is 20.1 Å². The van der Waals surface area contributed by atoms with Crippen LogP contribution >= 0.6 is 11.3 Å². The molecular formula is C21H15N5O3S. The summed E-state index contributed by atoms with van der Waals surface area (Å²) in [6, 6.07) is 16.7. The number of para-hydroxylation sites is 1. The molecule has 0 fully saturated rings. The third-order valence-corrected chi connectivity index (χ3v) is 5.42. The van der Waals surface area contributed by atoms with Crippen LogP contribution in [0.25, 0.3) is 28.0 Å². The maximum absolute atomic E-state index is 12.2. The van der Waals surface area contributed by atoms with Crippen molar-refractivity contribution in [3.63, 3.8) is 0 Å². The van der Waals surface area contributed by atoms with Crippen molar-refractivity contribution >= 4 is 27.4 Å². The summed E-state index contributed by atoms with van der Waals surface area (Å²) in [7, 11) is 0. The fraction of sp³-hybridized carbons (Fsp3) is 0.0476. The topological polar surface area (TPSA) is 111 Å². The number of hydrogen-bond donors (Lipinski definition) is 2. The molecule has 9 heteroatoms. The highest BCUT2D eigenvalue weighted by atomic mass is 32.1. The van der Waals surface area contributed by atoms with Crippen LogP contribution in [0.15, 0.2) is 70.7 Å². The fourth-order valence-electron chi connectivity index (χ4n) is 3.16. The van der Waals surface area contributed by atoms with Crippen LogP contribution in [0.4, 0.5) is 5.13 Å². The van der Waals surface area contributed by atoms with Gasteiger partial charge in [0.05, 0.1) is 5.27 Å². The Balaban J connectivity index is 1.40. The monoisotopic (exact) mass is 417 g/mol. The van der Waals surface area contributed by atoms with Crippen molar-refractivity contribution in [2.45, 2.75) is 6.54 Å². The van der Waals surface area contributed by atoms with Gasteiger partial charge in [-0.3, -0.25) is 4.98 Å². The molecule has 8 nitrogen and oxygen atoms in total. The van der Waals surface area contributed by atoms with Crippen molar-refractivity contribution in [3.8, 4) is 28.8 Å². The molecule has 0 aliphatic carbocycles. The number of nitrogens with one attached hydrogen (secondary N) is 1. The number of thiazole rings is 1. The van der Waals surface area contributed by atoms with Crippen LogP contribution in [0.3, 0.4) is 0 Å². The van der Waals surface area contributed by atoms with Crippen LogP contribution in [0, 0.1) is 0 Å². The van der Waals surface area contributed by atoms with Crippen LogP contribution in [-0.4, -0.2) is 20.3 Å². The first-order valence-electron chi connectivity index (χ1n) is 9.10. The van der Waals surface area contributed by atoms with Gasteiger partial charge in [-0.15, -0.1) is 11.3 Å².